The van der Waals surface area contributed by atoms with Crippen molar-refractivity contribution in [2.24, 2.45) is 10.6 Å². The fourth-order valence-electron chi connectivity index (χ4n) is 4.21. The molecule has 4 rings (SSSR count). The molecule has 7 heteroatoms. The molecule has 1 saturated heterocycles. The Kier molecular flexibility index (Phi) is 8.18. The number of rotatable bonds is 11. The van der Waals surface area contributed by atoms with Gasteiger partial charge in [0.05, 0.1) is 13.2 Å². The molecule has 0 atom stereocenters. The Morgan fingerprint density at radius 2 is 2.00 bits per heavy atom. The molecule has 1 aliphatic carbocycles. The second-order valence-corrected chi connectivity index (χ2v) is 9.06. The van der Waals surface area contributed by atoms with Crippen LogP contribution < -0.4 is 10.1 Å². The van der Waals surface area contributed by atoms with Crippen LogP contribution in [-0.4, -0.2) is 69.6 Å². The maximum Gasteiger partial charge on any atom is 0.258 e. The van der Waals surface area contributed by atoms with E-state index in [1.54, 1.807) is 6.21 Å². The van der Waals surface area contributed by atoms with Crippen molar-refractivity contribution in [3.63, 3.8) is 0 Å². The zero-order valence-electron chi connectivity index (χ0n) is 18.9. The van der Waals surface area contributed by atoms with E-state index in [0.717, 1.165) is 30.6 Å². The highest BCUT2D eigenvalue weighted by molar-refractivity contribution is 5.77. The molecule has 1 spiro atoms. The first-order valence-electron chi connectivity index (χ1n) is 11.8. The van der Waals surface area contributed by atoms with Crippen molar-refractivity contribution in [2.75, 3.05) is 52.6 Å². The SMILES string of the molecule is O=C(COc1ccc(CC=NOCCN2CCC3(CC2)CC3)cc1)NCC1=CCOCC1. The molecule has 3 aliphatic rings. The first-order chi connectivity index (χ1) is 15.7. The highest BCUT2D eigenvalue weighted by Gasteiger charge is 2.44. The van der Waals surface area contributed by atoms with Crippen LogP contribution in [0.3, 0.4) is 0 Å². The van der Waals surface area contributed by atoms with Crippen molar-refractivity contribution in [3.05, 3.63) is 41.5 Å². The number of nitrogens with one attached hydrogen (secondary N) is 1. The largest absolute Gasteiger partial charge is 0.484 e. The Morgan fingerprint density at radius 3 is 2.72 bits per heavy atom. The average Bonchev–Trinajstić information content (AvgIpc) is 3.60. The molecule has 0 aromatic heterocycles. The highest BCUT2D eigenvalue weighted by atomic mass is 16.6. The summed E-state index contributed by atoms with van der Waals surface area (Å²) < 4.78 is 10.8. The van der Waals surface area contributed by atoms with E-state index in [9.17, 15) is 4.79 Å². The van der Waals surface area contributed by atoms with E-state index >= 15 is 0 Å². The van der Waals surface area contributed by atoms with Gasteiger partial charge in [0.2, 0.25) is 0 Å². The van der Waals surface area contributed by atoms with Crippen LogP contribution in [0.15, 0.2) is 41.1 Å². The van der Waals surface area contributed by atoms with Crippen LogP contribution >= 0.6 is 0 Å². The number of ether oxygens (including phenoxy) is 2. The van der Waals surface area contributed by atoms with Gasteiger partial charge >= 0.3 is 0 Å². The van der Waals surface area contributed by atoms with Crippen LogP contribution in [0.1, 0.15) is 37.7 Å². The van der Waals surface area contributed by atoms with Crippen LogP contribution in [0, 0.1) is 5.41 Å². The standard InChI is InChI=1S/C25H35N3O4/c29-24(26-19-22-6-16-30-17-7-22)20-31-23-3-1-21(2-4-23)5-12-27-32-18-15-28-13-10-25(8-9-25)11-14-28/h1-4,6,12H,5,7-11,13-20H2,(H,26,29). The summed E-state index contributed by atoms with van der Waals surface area (Å²) in [4.78, 5) is 19.9. The highest BCUT2D eigenvalue weighted by Crippen LogP contribution is 2.53. The molecule has 2 heterocycles. The predicted molar refractivity (Wildman–Crippen MR) is 124 cm³/mol. The number of carbonyl (C=O) groups excluding carboxylic acids is 1. The molecule has 2 aliphatic heterocycles. The molecular formula is C25H35N3O4. The third-order valence-electron chi connectivity index (χ3n) is 6.71. The van der Waals surface area contributed by atoms with E-state index in [4.69, 9.17) is 14.3 Å². The molecule has 0 radical (unpaired) electrons. The van der Waals surface area contributed by atoms with Crippen LogP contribution in [0.5, 0.6) is 5.75 Å². The van der Waals surface area contributed by atoms with Gasteiger partial charge in [-0.1, -0.05) is 28.9 Å². The number of oxime groups is 1. The van der Waals surface area contributed by atoms with Crippen molar-refractivity contribution in [2.45, 2.75) is 38.5 Å². The number of amides is 1. The number of hydrogen-bond acceptors (Lipinski definition) is 6. The zero-order chi connectivity index (χ0) is 22.1. The third kappa shape index (κ3) is 7.35. The maximum atomic E-state index is 12.0. The minimum atomic E-state index is -0.123. The number of piperidine rings is 1. The van der Waals surface area contributed by atoms with Gasteiger partial charge in [0, 0.05) is 25.7 Å². The number of likely N-dealkylation sites (tertiary alicyclic amines) is 1. The predicted octanol–water partition coefficient (Wildman–Crippen LogP) is 2.95. The van der Waals surface area contributed by atoms with Gasteiger partial charge in [-0.15, -0.1) is 0 Å². The van der Waals surface area contributed by atoms with E-state index < -0.39 is 0 Å². The summed E-state index contributed by atoms with van der Waals surface area (Å²) in [5, 5.41) is 6.97. The van der Waals surface area contributed by atoms with Crippen molar-refractivity contribution in [1.29, 1.82) is 0 Å². The fourth-order valence-corrected chi connectivity index (χ4v) is 4.21. The summed E-state index contributed by atoms with van der Waals surface area (Å²) in [7, 11) is 0. The second kappa shape index (κ2) is 11.5. The lowest BCUT2D eigenvalue weighted by Gasteiger charge is -2.31. The molecule has 0 unspecified atom stereocenters. The van der Waals surface area contributed by atoms with Crippen LogP contribution in [-0.2, 0) is 20.8 Å². The van der Waals surface area contributed by atoms with E-state index in [-0.39, 0.29) is 12.5 Å². The molecule has 174 valence electrons. The zero-order valence-corrected chi connectivity index (χ0v) is 18.9. The van der Waals surface area contributed by atoms with Gasteiger partial charge in [0.1, 0.15) is 12.4 Å². The Morgan fingerprint density at radius 1 is 1.19 bits per heavy atom. The lowest BCUT2D eigenvalue weighted by atomic mass is 9.94. The summed E-state index contributed by atoms with van der Waals surface area (Å²) in [5.41, 5.74) is 3.05. The number of benzene rings is 1. The van der Waals surface area contributed by atoms with E-state index in [1.807, 2.05) is 30.3 Å². The maximum absolute atomic E-state index is 12.0. The summed E-state index contributed by atoms with van der Waals surface area (Å²) in [6.07, 6.45) is 11.0. The number of nitrogens with zero attached hydrogens (tertiary/aromatic N) is 2. The molecule has 1 saturated carbocycles. The summed E-state index contributed by atoms with van der Waals surface area (Å²) in [5.74, 6) is 0.555. The van der Waals surface area contributed by atoms with Gasteiger partial charge in [0.15, 0.2) is 6.61 Å². The molecule has 0 bridgehead atoms. The molecule has 7 nitrogen and oxygen atoms in total. The number of carbonyl (C=O) groups is 1. The Balaban J connectivity index is 1.05. The van der Waals surface area contributed by atoms with Gasteiger partial charge in [0.25, 0.3) is 5.91 Å². The molecule has 1 N–H and O–H groups in total. The lowest BCUT2D eigenvalue weighted by Crippen LogP contribution is -2.36. The monoisotopic (exact) mass is 441 g/mol. The normalized spacial score (nSPS) is 20.2. The Bertz CT molecular complexity index is 792. The third-order valence-corrected chi connectivity index (χ3v) is 6.71. The van der Waals surface area contributed by atoms with Gasteiger partial charge in [-0.2, -0.15) is 0 Å². The minimum Gasteiger partial charge on any atom is -0.484 e. The fraction of sp³-hybridized carbons (Fsp3) is 0.600. The first-order valence-corrected chi connectivity index (χ1v) is 11.8. The average molecular weight is 442 g/mol. The Hall–Kier alpha value is -2.38. The second-order valence-electron chi connectivity index (χ2n) is 9.06. The smallest absolute Gasteiger partial charge is 0.258 e. The Labute approximate surface area is 190 Å². The van der Waals surface area contributed by atoms with Crippen molar-refractivity contribution >= 4 is 12.1 Å². The van der Waals surface area contributed by atoms with E-state index in [0.29, 0.717) is 31.9 Å². The van der Waals surface area contributed by atoms with E-state index in [1.165, 1.54) is 44.3 Å². The number of hydrogen-bond donors (Lipinski definition) is 1. The summed E-state index contributed by atoms with van der Waals surface area (Å²) in [6, 6.07) is 7.71. The van der Waals surface area contributed by atoms with Crippen LogP contribution in [0.4, 0.5) is 0 Å². The molecule has 1 amide bonds. The first kappa shape index (κ1) is 22.8. The van der Waals surface area contributed by atoms with Gasteiger partial charge in [-0.25, -0.2) is 0 Å². The van der Waals surface area contributed by atoms with E-state index in [2.05, 4.69) is 15.4 Å². The van der Waals surface area contributed by atoms with Crippen molar-refractivity contribution in [1.82, 2.24) is 10.2 Å². The van der Waals surface area contributed by atoms with Gasteiger partial charge in [-0.3, -0.25) is 9.69 Å². The van der Waals surface area contributed by atoms with Crippen molar-refractivity contribution in [3.8, 4) is 5.75 Å². The van der Waals surface area contributed by atoms with Crippen LogP contribution in [0.2, 0.25) is 0 Å². The summed E-state index contributed by atoms with van der Waals surface area (Å²) >= 11 is 0. The van der Waals surface area contributed by atoms with Crippen LogP contribution in [0.25, 0.3) is 0 Å². The topological polar surface area (TPSA) is 72.4 Å². The van der Waals surface area contributed by atoms with Gasteiger partial charge in [-0.05, 0) is 68.3 Å². The molecule has 1 aromatic rings. The minimum absolute atomic E-state index is 0.0103. The van der Waals surface area contributed by atoms with Gasteiger partial charge < -0.3 is 19.6 Å². The summed E-state index contributed by atoms with van der Waals surface area (Å²) in [6.45, 7) is 5.93. The molecule has 32 heavy (non-hydrogen) atoms. The van der Waals surface area contributed by atoms with Crippen molar-refractivity contribution < 1.29 is 19.1 Å². The molecule has 2 fully saturated rings. The quantitative estimate of drug-likeness (QED) is 0.247. The molecule has 1 aromatic carbocycles. The molecular weight excluding hydrogens is 406 g/mol. The lowest BCUT2D eigenvalue weighted by molar-refractivity contribution is -0.122.